The Kier molecular flexibility index (Phi) is 2.78. The summed E-state index contributed by atoms with van der Waals surface area (Å²) in [6, 6.07) is 8.25. The van der Waals surface area contributed by atoms with E-state index in [4.69, 9.17) is 11.6 Å². The number of nitrogens with zero attached hydrogens (tertiary/aromatic N) is 2. The molecule has 0 unspecified atom stereocenters. The molecule has 0 bridgehead atoms. The number of aryl methyl sites for hydroxylation is 2. The van der Waals surface area contributed by atoms with E-state index < -0.39 is 0 Å². The standard InChI is InChI=1S/C12H13ClN2/c1-9-3-4-12(10(2)7-9)15-6-5-11(8-13)14-15/h3-7H,8H2,1-2H3. The van der Waals surface area contributed by atoms with E-state index in [2.05, 4.69) is 37.1 Å². The zero-order chi connectivity index (χ0) is 10.8. The summed E-state index contributed by atoms with van der Waals surface area (Å²) < 4.78 is 1.87. The third-order valence-corrected chi connectivity index (χ3v) is 2.65. The van der Waals surface area contributed by atoms with E-state index in [9.17, 15) is 0 Å². The molecule has 1 heterocycles. The number of alkyl halides is 1. The molecule has 0 saturated carbocycles. The maximum absolute atomic E-state index is 5.72. The third-order valence-electron chi connectivity index (χ3n) is 2.38. The summed E-state index contributed by atoms with van der Waals surface area (Å²) >= 11 is 5.72. The molecule has 15 heavy (non-hydrogen) atoms. The predicted molar refractivity (Wildman–Crippen MR) is 62.6 cm³/mol. The largest absolute Gasteiger partial charge is 0.240 e. The molecule has 0 N–H and O–H groups in total. The molecule has 0 fully saturated rings. The van der Waals surface area contributed by atoms with Crippen LogP contribution in [0.3, 0.4) is 0 Å². The molecule has 0 radical (unpaired) electrons. The maximum Gasteiger partial charge on any atom is 0.0776 e. The van der Waals surface area contributed by atoms with Crippen molar-refractivity contribution in [2.75, 3.05) is 0 Å². The van der Waals surface area contributed by atoms with E-state index >= 15 is 0 Å². The highest BCUT2D eigenvalue weighted by Crippen LogP contribution is 2.15. The summed E-state index contributed by atoms with van der Waals surface area (Å²) in [4.78, 5) is 0. The topological polar surface area (TPSA) is 17.8 Å². The molecule has 0 aliphatic carbocycles. The van der Waals surface area contributed by atoms with Crippen LogP contribution in [0.4, 0.5) is 0 Å². The average Bonchev–Trinajstić information content (AvgIpc) is 2.66. The van der Waals surface area contributed by atoms with Gasteiger partial charge in [0.15, 0.2) is 0 Å². The van der Waals surface area contributed by atoms with Crippen LogP contribution in [0.25, 0.3) is 5.69 Å². The fourth-order valence-electron chi connectivity index (χ4n) is 1.63. The van der Waals surface area contributed by atoms with Gasteiger partial charge in [0.05, 0.1) is 17.3 Å². The van der Waals surface area contributed by atoms with E-state index in [0.717, 1.165) is 11.4 Å². The van der Waals surface area contributed by atoms with Gasteiger partial charge in [0.25, 0.3) is 0 Å². The minimum atomic E-state index is 0.456. The molecule has 2 rings (SSSR count). The first-order chi connectivity index (χ1) is 7.20. The Morgan fingerprint density at radius 1 is 1.27 bits per heavy atom. The molecule has 1 aromatic heterocycles. The lowest BCUT2D eigenvalue weighted by Crippen LogP contribution is -1.98. The van der Waals surface area contributed by atoms with Crippen LogP contribution in [0.1, 0.15) is 16.8 Å². The van der Waals surface area contributed by atoms with Crippen molar-refractivity contribution in [1.29, 1.82) is 0 Å². The van der Waals surface area contributed by atoms with Crippen molar-refractivity contribution in [1.82, 2.24) is 9.78 Å². The Bertz CT molecular complexity index is 474. The third kappa shape index (κ3) is 2.05. The lowest BCUT2D eigenvalue weighted by Gasteiger charge is -2.06. The van der Waals surface area contributed by atoms with Gasteiger partial charge in [-0.3, -0.25) is 0 Å². The van der Waals surface area contributed by atoms with E-state index in [1.54, 1.807) is 0 Å². The Labute approximate surface area is 94.5 Å². The van der Waals surface area contributed by atoms with Gasteiger partial charge in [0.2, 0.25) is 0 Å². The summed E-state index contributed by atoms with van der Waals surface area (Å²) in [5.74, 6) is 0.456. The first kappa shape index (κ1) is 10.2. The highest BCUT2D eigenvalue weighted by Gasteiger charge is 2.03. The molecule has 1 aromatic carbocycles. The fourth-order valence-corrected chi connectivity index (χ4v) is 1.77. The van der Waals surface area contributed by atoms with Crippen molar-refractivity contribution in [3.63, 3.8) is 0 Å². The molecule has 0 aliphatic heterocycles. The van der Waals surface area contributed by atoms with Crippen LogP contribution in [0.15, 0.2) is 30.5 Å². The van der Waals surface area contributed by atoms with Crippen LogP contribution in [0.2, 0.25) is 0 Å². The molecular formula is C12H13ClN2. The first-order valence-corrected chi connectivity index (χ1v) is 5.42. The number of rotatable bonds is 2. The highest BCUT2D eigenvalue weighted by atomic mass is 35.5. The van der Waals surface area contributed by atoms with Crippen molar-refractivity contribution in [3.05, 3.63) is 47.3 Å². The molecule has 0 aliphatic rings. The van der Waals surface area contributed by atoms with Gasteiger partial charge < -0.3 is 0 Å². The number of halogens is 1. The quantitative estimate of drug-likeness (QED) is 0.711. The zero-order valence-electron chi connectivity index (χ0n) is 8.87. The van der Waals surface area contributed by atoms with E-state index in [1.807, 2.05) is 16.9 Å². The van der Waals surface area contributed by atoms with Gasteiger partial charge in [-0.1, -0.05) is 17.7 Å². The molecule has 2 aromatic rings. The minimum Gasteiger partial charge on any atom is -0.240 e. The van der Waals surface area contributed by atoms with Gasteiger partial charge in [-0.15, -0.1) is 11.6 Å². The minimum absolute atomic E-state index is 0.456. The van der Waals surface area contributed by atoms with E-state index in [1.165, 1.54) is 11.1 Å². The second-order valence-electron chi connectivity index (χ2n) is 3.68. The Morgan fingerprint density at radius 2 is 2.07 bits per heavy atom. The molecule has 0 saturated heterocycles. The maximum atomic E-state index is 5.72. The Morgan fingerprint density at radius 3 is 2.67 bits per heavy atom. The van der Waals surface area contributed by atoms with Crippen molar-refractivity contribution >= 4 is 11.6 Å². The van der Waals surface area contributed by atoms with Crippen LogP contribution in [-0.2, 0) is 5.88 Å². The summed E-state index contributed by atoms with van der Waals surface area (Å²) in [7, 11) is 0. The summed E-state index contributed by atoms with van der Waals surface area (Å²) in [5.41, 5.74) is 4.49. The van der Waals surface area contributed by atoms with Crippen LogP contribution in [0.5, 0.6) is 0 Å². The number of hydrogen-bond acceptors (Lipinski definition) is 1. The molecule has 0 spiro atoms. The monoisotopic (exact) mass is 220 g/mol. The summed E-state index contributed by atoms with van der Waals surface area (Å²) in [5, 5.41) is 4.37. The fraction of sp³-hybridized carbons (Fsp3) is 0.250. The smallest absolute Gasteiger partial charge is 0.0776 e. The first-order valence-electron chi connectivity index (χ1n) is 4.89. The number of benzene rings is 1. The van der Waals surface area contributed by atoms with Gasteiger partial charge in [-0.2, -0.15) is 5.10 Å². The van der Waals surface area contributed by atoms with E-state index in [0.29, 0.717) is 5.88 Å². The average molecular weight is 221 g/mol. The molecule has 78 valence electrons. The SMILES string of the molecule is Cc1ccc(-n2ccc(CCl)n2)c(C)c1. The number of hydrogen-bond donors (Lipinski definition) is 0. The molecule has 0 atom stereocenters. The van der Waals surface area contributed by atoms with Crippen molar-refractivity contribution in [2.45, 2.75) is 19.7 Å². The van der Waals surface area contributed by atoms with Crippen LogP contribution in [0, 0.1) is 13.8 Å². The summed E-state index contributed by atoms with van der Waals surface area (Å²) in [6.45, 7) is 4.18. The zero-order valence-corrected chi connectivity index (χ0v) is 9.62. The molecule has 3 heteroatoms. The Hall–Kier alpha value is -1.28. The number of aromatic nitrogens is 2. The van der Waals surface area contributed by atoms with Gasteiger partial charge in [0.1, 0.15) is 0 Å². The van der Waals surface area contributed by atoms with Crippen LogP contribution in [-0.4, -0.2) is 9.78 Å². The van der Waals surface area contributed by atoms with Crippen LogP contribution < -0.4 is 0 Å². The molecule has 2 nitrogen and oxygen atoms in total. The van der Waals surface area contributed by atoms with Crippen molar-refractivity contribution in [3.8, 4) is 5.69 Å². The van der Waals surface area contributed by atoms with Crippen molar-refractivity contribution in [2.24, 2.45) is 0 Å². The highest BCUT2D eigenvalue weighted by molar-refractivity contribution is 6.16. The second-order valence-corrected chi connectivity index (χ2v) is 3.94. The van der Waals surface area contributed by atoms with E-state index in [-0.39, 0.29) is 0 Å². The second kappa shape index (κ2) is 4.07. The molecule has 0 amide bonds. The van der Waals surface area contributed by atoms with Gasteiger partial charge in [-0.05, 0) is 31.5 Å². The normalized spacial score (nSPS) is 10.6. The lowest BCUT2D eigenvalue weighted by molar-refractivity contribution is 0.851. The van der Waals surface area contributed by atoms with Gasteiger partial charge in [0, 0.05) is 6.20 Å². The predicted octanol–water partition coefficient (Wildman–Crippen LogP) is 3.23. The van der Waals surface area contributed by atoms with Gasteiger partial charge >= 0.3 is 0 Å². The summed E-state index contributed by atoms with van der Waals surface area (Å²) in [6.07, 6.45) is 1.94. The van der Waals surface area contributed by atoms with Crippen LogP contribution >= 0.6 is 11.6 Å². The van der Waals surface area contributed by atoms with Gasteiger partial charge in [-0.25, -0.2) is 4.68 Å². The van der Waals surface area contributed by atoms with Crippen molar-refractivity contribution < 1.29 is 0 Å². The molecular weight excluding hydrogens is 208 g/mol. The Balaban J connectivity index is 2.44. The lowest BCUT2D eigenvalue weighted by atomic mass is 10.1.